The van der Waals surface area contributed by atoms with E-state index in [1.807, 2.05) is 33.8 Å². The van der Waals surface area contributed by atoms with E-state index in [0.29, 0.717) is 6.42 Å². The van der Waals surface area contributed by atoms with Crippen LogP contribution < -0.4 is 0 Å². The minimum Gasteiger partial charge on any atom is -0.302 e. The van der Waals surface area contributed by atoms with Crippen molar-refractivity contribution in [1.82, 2.24) is 0 Å². The van der Waals surface area contributed by atoms with Crippen LogP contribution in [0.5, 0.6) is 0 Å². The van der Waals surface area contributed by atoms with Crippen molar-refractivity contribution >= 4 is 15.6 Å². The van der Waals surface area contributed by atoms with Gasteiger partial charge in [-0.1, -0.05) is 40.5 Å². The van der Waals surface area contributed by atoms with Gasteiger partial charge in [-0.25, -0.2) is 9.13 Å². The van der Waals surface area contributed by atoms with Crippen LogP contribution in [0.25, 0.3) is 0 Å². The van der Waals surface area contributed by atoms with Gasteiger partial charge in [0, 0.05) is 0 Å². The topological polar surface area (TPSA) is 113 Å². The monoisotopic (exact) mass is 450 g/mol. The Morgan fingerprint density at radius 1 is 0.828 bits per heavy atom. The van der Waals surface area contributed by atoms with E-state index in [1.54, 1.807) is 0 Å². The van der Waals surface area contributed by atoms with Crippen LogP contribution >= 0.6 is 15.6 Å². The van der Waals surface area contributed by atoms with Crippen molar-refractivity contribution in [3.8, 4) is 0 Å². The van der Waals surface area contributed by atoms with Crippen molar-refractivity contribution in [2.24, 2.45) is 0 Å². The molecule has 29 heavy (non-hydrogen) atoms. The molecule has 0 spiro atoms. The summed E-state index contributed by atoms with van der Waals surface area (Å²) in [5.41, 5.74) is 5.46. The molecule has 0 bridgehead atoms. The summed E-state index contributed by atoms with van der Waals surface area (Å²) in [6.07, 6.45) is 10.3. The summed E-state index contributed by atoms with van der Waals surface area (Å²) < 4.78 is 31.3. The quantitative estimate of drug-likeness (QED) is 0.221. The Kier molecular flexibility index (Phi) is 13.1. The molecule has 0 aromatic rings. The number of phosphoric acid groups is 2. The summed E-state index contributed by atoms with van der Waals surface area (Å²) in [7, 11) is -9.99. The van der Waals surface area contributed by atoms with Crippen LogP contribution in [0, 0.1) is 0 Å². The molecule has 0 aliphatic carbocycles. The highest BCUT2D eigenvalue weighted by molar-refractivity contribution is 7.60. The van der Waals surface area contributed by atoms with Gasteiger partial charge in [0.05, 0.1) is 6.61 Å². The third kappa shape index (κ3) is 16.7. The van der Waals surface area contributed by atoms with E-state index in [2.05, 4.69) is 30.3 Å². The molecule has 0 aliphatic rings. The summed E-state index contributed by atoms with van der Waals surface area (Å²) in [6.45, 7) is 11.9. The van der Waals surface area contributed by atoms with Crippen molar-refractivity contribution in [3.63, 3.8) is 0 Å². The molecule has 3 N–H and O–H groups in total. The van der Waals surface area contributed by atoms with Gasteiger partial charge < -0.3 is 14.7 Å². The first-order valence-electron chi connectivity index (χ1n) is 9.56. The lowest BCUT2D eigenvalue weighted by Gasteiger charge is -2.15. The Morgan fingerprint density at radius 2 is 1.34 bits per heavy atom. The third-order valence-electron chi connectivity index (χ3n) is 4.08. The first-order chi connectivity index (χ1) is 13.2. The molecule has 0 saturated heterocycles. The molecule has 9 heteroatoms. The van der Waals surface area contributed by atoms with Gasteiger partial charge in [-0.05, 0) is 79.2 Å². The molecule has 1 unspecified atom stereocenters. The molecular formula is C20H36O7P2. The number of rotatable bonds is 13. The Balaban J connectivity index is 5.24. The zero-order valence-electron chi connectivity index (χ0n) is 18.3. The highest BCUT2D eigenvalue weighted by Crippen LogP contribution is 2.57. The molecule has 7 nitrogen and oxygen atoms in total. The lowest BCUT2D eigenvalue weighted by molar-refractivity contribution is 0.187. The molecule has 0 radical (unpaired) electrons. The molecule has 0 fully saturated rings. The Bertz CT molecular complexity index is 734. The van der Waals surface area contributed by atoms with Crippen LogP contribution in [0.1, 0.15) is 73.6 Å². The number of hydrogen-bond donors (Lipinski definition) is 3. The molecule has 0 saturated carbocycles. The fraction of sp³-hybridized carbons (Fsp3) is 0.600. The van der Waals surface area contributed by atoms with Gasteiger partial charge in [-0.15, -0.1) is 0 Å². The SMILES string of the molecule is CC(C)=CCC/C(C)=C/C/C(COP(=O)(O)OP(=O)(O)O)=C(/C)CCC=C(C)C. The number of allylic oxidation sites excluding steroid dienone is 7. The standard InChI is InChI=1S/C20H36O7P2/c1-16(2)9-7-11-18(5)13-14-20(19(6)12-8-10-17(3)4)15-26-29(24,25)27-28(21,22)23/h9-10,13H,7-8,11-12,14-15H2,1-6H3,(H,24,25)(H2,21,22,23)/b18-13+,20-19+. The maximum atomic E-state index is 11.8. The second kappa shape index (κ2) is 13.5. The van der Waals surface area contributed by atoms with E-state index in [1.165, 1.54) is 16.7 Å². The largest absolute Gasteiger partial charge is 0.481 e. The minimum atomic E-state index is -5.13. The van der Waals surface area contributed by atoms with E-state index in [4.69, 9.17) is 14.3 Å². The Labute approximate surface area is 175 Å². The summed E-state index contributed by atoms with van der Waals surface area (Å²) in [6, 6.07) is 0. The van der Waals surface area contributed by atoms with E-state index >= 15 is 0 Å². The van der Waals surface area contributed by atoms with E-state index in [0.717, 1.165) is 36.8 Å². The van der Waals surface area contributed by atoms with Gasteiger partial charge in [0.25, 0.3) is 0 Å². The molecule has 0 amide bonds. The molecule has 0 aromatic heterocycles. The fourth-order valence-corrected chi connectivity index (χ4v) is 4.00. The van der Waals surface area contributed by atoms with Crippen molar-refractivity contribution in [2.75, 3.05) is 6.61 Å². The van der Waals surface area contributed by atoms with Gasteiger partial charge in [-0.2, -0.15) is 4.31 Å². The average molecular weight is 450 g/mol. The predicted octanol–water partition coefficient (Wildman–Crippen LogP) is 6.36. The molecular weight excluding hydrogens is 414 g/mol. The molecule has 0 rings (SSSR count). The minimum absolute atomic E-state index is 0.244. The highest BCUT2D eigenvalue weighted by Gasteiger charge is 2.32. The maximum Gasteiger partial charge on any atom is 0.481 e. The van der Waals surface area contributed by atoms with E-state index in [9.17, 15) is 14.0 Å². The van der Waals surface area contributed by atoms with Crippen LogP contribution in [-0.4, -0.2) is 21.3 Å². The number of hydrogen-bond acceptors (Lipinski definition) is 4. The smallest absolute Gasteiger partial charge is 0.302 e. The first kappa shape index (κ1) is 28.2. The second-order valence-electron chi connectivity index (χ2n) is 7.59. The van der Waals surface area contributed by atoms with Crippen LogP contribution in [0.3, 0.4) is 0 Å². The van der Waals surface area contributed by atoms with Gasteiger partial charge in [-0.3, -0.25) is 4.52 Å². The van der Waals surface area contributed by atoms with Crippen molar-refractivity contribution in [1.29, 1.82) is 0 Å². The fourth-order valence-electron chi connectivity index (χ4n) is 2.42. The Morgan fingerprint density at radius 3 is 1.83 bits per heavy atom. The van der Waals surface area contributed by atoms with E-state index < -0.39 is 15.6 Å². The lowest BCUT2D eigenvalue weighted by Crippen LogP contribution is -2.02. The molecule has 0 aliphatic heterocycles. The number of phosphoric ester groups is 1. The zero-order valence-corrected chi connectivity index (χ0v) is 20.1. The van der Waals surface area contributed by atoms with Crippen LogP contribution in [0.15, 0.2) is 46.1 Å². The first-order valence-corrected chi connectivity index (χ1v) is 12.6. The third-order valence-corrected chi connectivity index (χ3v) is 6.21. The summed E-state index contributed by atoms with van der Waals surface area (Å²) in [5, 5.41) is 0. The lowest BCUT2D eigenvalue weighted by atomic mass is 10.00. The zero-order chi connectivity index (χ0) is 22.7. The van der Waals surface area contributed by atoms with Crippen LogP contribution in [-0.2, 0) is 18.0 Å². The van der Waals surface area contributed by atoms with Crippen molar-refractivity contribution < 1.29 is 32.6 Å². The van der Waals surface area contributed by atoms with Crippen LogP contribution in [0.2, 0.25) is 0 Å². The maximum absolute atomic E-state index is 11.8. The van der Waals surface area contributed by atoms with Crippen molar-refractivity contribution in [3.05, 3.63) is 46.1 Å². The summed E-state index contributed by atoms with van der Waals surface area (Å²) >= 11 is 0. The van der Waals surface area contributed by atoms with Crippen molar-refractivity contribution in [2.45, 2.75) is 73.6 Å². The normalized spacial score (nSPS) is 15.4. The average Bonchev–Trinajstić information content (AvgIpc) is 2.51. The summed E-state index contributed by atoms with van der Waals surface area (Å²) in [4.78, 5) is 27.0. The highest BCUT2D eigenvalue weighted by atomic mass is 31.3. The molecule has 0 heterocycles. The van der Waals surface area contributed by atoms with Gasteiger partial charge >= 0.3 is 15.6 Å². The molecule has 1 atom stereocenters. The second-order valence-corrected chi connectivity index (χ2v) is 10.4. The molecule has 0 aromatic carbocycles. The van der Waals surface area contributed by atoms with Gasteiger partial charge in [0.2, 0.25) is 0 Å². The Hall–Kier alpha value is -0.780. The van der Waals surface area contributed by atoms with E-state index in [-0.39, 0.29) is 6.61 Å². The predicted molar refractivity (Wildman–Crippen MR) is 117 cm³/mol. The van der Waals surface area contributed by atoms with Crippen LogP contribution in [0.4, 0.5) is 0 Å². The van der Waals surface area contributed by atoms with Gasteiger partial charge in [0.15, 0.2) is 0 Å². The van der Waals surface area contributed by atoms with Gasteiger partial charge in [0.1, 0.15) is 0 Å². The summed E-state index contributed by atoms with van der Waals surface area (Å²) in [5.74, 6) is 0. The molecule has 168 valence electrons.